The molecule has 2 unspecified atom stereocenters. The number of pyridine rings is 2. The second-order valence-electron chi connectivity index (χ2n) is 13.3. The van der Waals surface area contributed by atoms with Gasteiger partial charge in [0.05, 0.1) is 23.8 Å². The number of urea groups is 1. The number of rotatable bonds is 10. The molecule has 0 radical (unpaired) electrons. The van der Waals surface area contributed by atoms with Crippen LogP contribution in [0.25, 0.3) is 32.6 Å². The Morgan fingerprint density at radius 2 is 1.78 bits per heavy atom. The van der Waals surface area contributed by atoms with Crippen LogP contribution in [0.3, 0.4) is 0 Å². The Morgan fingerprint density at radius 3 is 2.34 bits per heavy atom. The summed E-state index contributed by atoms with van der Waals surface area (Å²) >= 11 is 0.711. The topological polar surface area (TPSA) is 182 Å². The van der Waals surface area contributed by atoms with E-state index in [9.17, 15) is 42.1 Å². The molecule has 13 nitrogen and oxygen atoms in total. The number of phosphoric acid groups is 1. The van der Waals surface area contributed by atoms with Crippen LogP contribution in [0.15, 0.2) is 46.8 Å². The molecule has 0 saturated heterocycles. The molecule has 0 saturated carbocycles. The summed E-state index contributed by atoms with van der Waals surface area (Å²) in [5.41, 5.74) is -3.41. The van der Waals surface area contributed by atoms with Crippen LogP contribution in [0.1, 0.15) is 70.6 Å². The van der Waals surface area contributed by atoms with Crippen LogP contribution in [0.5, 0.6) is 0 Å². The summed E-state index contributed by atoms with van der Waals surface area (Å²) in [6, 6.07) is 4.41. The van der Waals surface area contributed by atoms with Gasteiger partial charge >= 0.3 is 26.0 Å². The molecule has 50 heavy (non-hydrogen) atoms. The summed E-state index contributed by atoms with van der Waals surface area (Å²) < 4.78 is 65.4. The van der Waals surface area contributed by atoms with Crippen molar-refractivity contribution in [1.82, 2.24) is 19.9 Å². The Hall–Kier alpha value is -4.15. The van der Waals surface area contributed by atoms with E-state index in [1.165, 1.54) is 29.0 Å². The number of carbonyl (C=O) groups is 2. The van der Waals surface area contributed by atoms with Gasteiger partial charge in [-0.15, -0.1) is 11.3 Å². The second kappa shape index (κ2) is 14.2. The number of thiazole rings is 1. The molecule has 3 heterocycles. The van der Waals surface area contributed by atoms with E-state index in [0.717, 1.165) is 11.6 Å². The van der Waals surface area contributed by atoms with Crippen LogP contribution >= 0.6 is 19.2 Å². The van der Waals surface area contributed by atoms with Crippen LogP contribution in [0.4, 0.5) is 23.8 Å². The number of aromatic nitrogens is 3. The van der Waals surface area contributed by atoms with Gasteiger partial charge in [0.25, 0.3) is 0 Å². The van der Waals surface area contributed by atoms with Crippen molar-refractivity contribution >= 4 is 47.9 Å². The number of nitrogens with zero attached hydrogens (tertiary/aromatic N) is 3. The first-order valence-electron chi connectivity index (χ1n) is 15.2. The van der Waals surface area contributed by atoms with Crippen molar-refractivity contribution in [2.24, 2.45) is 5.41 Å². The predicted molar refractivity (Wildman–Crippen MR) is 182 cm³/mol. The highest BCUT2D eigenvalue weighted by atomic mass is 32.1. The van der Waals surface area contributed by atoms with Crippen LogP contribution in [-0.2, 0) is 19.8 Å². The quantitative estimate of drug-likeness (QED) is 0.118. The number of carboxylic acids is 1. The molecule has 2 atom stereocenters. The van der Waals surface area contributed by atoms with Crippen molar-refractivity contribution in [3.05, 3.63) is 63.5 Å². The number of aromatic carboxylic acids is 1. The van der Waals surface area contributed by atoms with Crippen LogP contribution in [0, 0.1) is 5.41 Å². The maximum atomic E-state index is 13.6. The molecular formula is C32H37F3N5O8PS. The Labute approximate surface area is 289 Å². The standard InChI is InChI=1S/C32H37F3N5O8PS/c1-8-36-29(44)39-25-12-18(27-38-23(16-50-27)32(33,34)35)20(13-37-25)17-9-10-22-19(11-17)26(41)21(28(42)43)14-40(22)24(30(2,3)4)15-47-49(45,46)48-31(5,6)7/h9-14,16,24H,8,15H2,1-7H3,(H,42,43)(H,45,46)(H2,36,37,39,44). The molecule has 3 aromatic heterocycles. The zero-order valence-electron chi connectivity index (χ0n) is 28.2. The summed E-state index contributed by atoms with van der Waals surface area (Å²) in [5.74, 6) is -1.52. The van der Waals surface area contributed by atoms with E-state index in [-0.39, 0.29) is 38.4 Å². The van der Waals surface area contributed by atoms with E-state index in [4.69, 9.17) is 9.05 Å². The van der Waals surface area contributed by atoms with Gasteiger partial charge in [0.15, 0.2) is 5.69 Å². The lowest BCUT2D eigenvalue weighted by atomic mass is 9.86. The van der Waals surface area contributed by atoms with Gasteiger partial charge in [-0.05, 0) is 56.9 Å². The summed E-state index contributed by atoms with van der Waals surface area (Å²) in [4.78, 5) is 56.5. The third-order valence-corrected chi connectivity index (χ3v) is 9.33. The van der Waals surface area contributed by atoms with Crippen molar-refractivity contribution < 1.29 is 46.4 Å². The molecule has 1 aromatic carbocycles. The number of alkyl halides is 3. The van der Waals surface area contributed by atoms with Gasteiger partial charge in [-0.25, -0.2) is 24.1 Å². The van der Waals surface area contributed by atoms with Gasteiger partial charge in [-0.1, -0.05) is 26.8 Å². The normalized spacial score (nSPS) is 14.3. The fourth-order valence-corrected chi connectivity index (χ4v) is 6.93. The molecule has 2 amide bonds. The van der Waals surface area contributed by atoms with Crippen LogP contribution in [0.2, 0.25) is 0 Å². The average molecular weight is 740 g/mol. The number of hydrogen-bond donors (Lipinski definition) is 4. The number of fused-ring (bicyclic) bond motifs is 1. The lowest BCUT2D eigenvalue weighted by molar-refractivity contribution is -0.140. The van der Waals surface area contributed by atoms with Crippen molar-refractivity contribution in [3.8, 4) is 21.7 Å². The van der Waals surface area contributed by atoms with Gasteiger partial charge in [-0.3, -0.25) is 19.2 Å². The minimum atomic E-state index is -4.72. The van der Waals surface area contributed by atoms with E-state index in [1.807, 2.05) is 0 Å². The fourth-order valence-electron chi connectivity index (χ4n) is 5.00. The molecule has 4 aromatic rings. The molecule has 0 aliphatic rings. The fraction of sp³-hybridized carbons (Fsp3) is 0.406. The lowest BCUT2D eigenvalue weighted by Gasteiger charge is -2.35. The maximum absolute atomic E-state index is 13.6. The van der Waals surface area contributed by atoms with Gasteiger partial charge in [0.2, 0.25) is 5.43 Å². The first-order chi connectivity index (χ1) is 23.0. The third kappa shape index (κ3) is 9.14. The Kier molecular flexibility index (Phi) is 11.0. The minimum Gasteiger partial charge on any atom is -0.477 e. The zero-order valence-corrected chi connectivity index (χ0v) is 29.9. The van der Waals surface area contributed by atoms with Crippen molar-refractivity contribution in [2.45, 2.75) is 66.3 Å². The molecule has 0 aliphatic heterocycles. The number of amides is 2. The summed E-state index contributed by atoms with van der Waals surface area (Å²) in [6.07, 6.45) is -2.28. The van der Waals surface area contributed by atoms with Gasteiger partial charge in [0, 0.05) is 40.8 Å². The summed E-state index contributed by atoms with van der Waals surface area (Å²) in [5, 5.41) is 15.8. The van der Waals surface area contributed by atoms with E-state index in [1.54, 1.807) is 54.5 Å². The maximum Gasteiger partial charge on any atom is 0.472 e. The molecule has 270 valence electrons. The van der Waals surface area contributed by atoms with Crippen molar-refractivity contribution in [1.29, 1.82) is 0 Å². The van der Waals surface area contributed by atoms with Crippen LogP contribution in [-0.4, -0.2) is 55.3 Å². The summed E-state index contributed by atoms with van der Waals surface area (Å²) in [7, 11) is -4.57. The Balaban J connectivity index is 1.93. The number of phosphoric ester groups is 1. The van der Waals surface area contributed by atoms with Gasteiger partial charge in [-0.2, -0.15) is 13.2 Å². The first kappa shape index (κ1) is 38.6. The number of carbonyl (C=O) groups excluding carboxylic acids is 1. The number of halogens is 3. The average Bonchev–Trinajstić information content (AvgIpc) is 3.47. The number of nitrogens with one attached hydrogen (secondary N) is 2. The largest absolute Gasteiger partial charge is 0.477 e. The molecule has 0 fully saturated rings. The van der Waals surface area contributed by atoms with E-state index in [0.29, 0.717) is 17.9 Å². The monoisotopic (exact) mass is 739 g/mol. The minimum absolute atomic E-state index is 0.0133. The highest BCUT2D eigenvalue weighted by Crippen LogP contribution is 2.49. The Morgan fingerprint density at radius 1 is 1.10 bits per heavy atom. The number of hydrogen-bond acceptors (Lipinski definition) is 9. The predicted octanol–water partition coefficient (Wildman–Crippen LogP) is 7.56. The SMILES string of the molecule is CCNC(=O)Nc1cc(-c2nc(C(F)(F)F)cs2)c(-c2ccc3c(c2)c(=O)c(C(=O)O)cn3C(COP(=O)(O)OC(C)(C)C)C(C)(C)C)cn1. The molecule has 0 spiro atoms. The summed E-state index contributed by atoms with van der Waals surface area (Å²) in [6.45, 7) is 11.7. The molecule has 0 bridgehead atoms. The molecule has 4 N–H and O–H groups in total. The van der Waals surface area contributed by atoms with Crippen LogP contribution < -0.4 is 16.1 Å². The highest BCUT2D eigenvalue weighted by molar-refractivity contribution is 7.47. The van der Waals surface area contributed by atoms with Gasteiger partial charge < -0.3 is 19.9 Å². The lowest BCUT2D eigenvalue weighted by Crippen LogP contribution is -2.31. The van der Waals surface area contributed by atoms with E-state index >= 15 is 0 Å². The van der Waals surface area contributed by atoms with Crippen molar-refractivity contribution in [2.75, 3.05) is 18.5 Å². The molecule has 4 rings (SSSR count). The molecule has 0 aliphatic carbocycles. The highest BCUT2D eigenvalue weighted by Gasteiger charge is 2.36. The van der Waals surface area contributed by atoms with Gasteiger partial charge in [0.1, 0.15) is 16.4 Å². The number of benzene rings is 1. The second-order valence-corrected chi connectivity index (χ2v) is 15.5. The number of anilines is 1. The molecular weight excluding hydrogens is 702 g/mol. The van der Waals surface area contributed by atoms with E-state index < -0.39 is 66.4 Å². The number of carboxylic acid groups (broad SMARTS) is 1. The van der Waals surface area contributed by atoms with Crippen molar-refractivity contribution in [3.63, 3.8) is 0 Å². The first-order valence-corrected chi connectivity index (χ1v) is 17.6. The Bertz CT molecular complexity index is 2040. The smallest absolute Gasteiger partial charge is 0.472 e. The van der Waals surface area contributed by atoms with E-state index in [2.05, 4.69) is 20.6 Å². The third-order valence-electron chi connectivity index (χ3n) is 7.20. The molecule has 18 heteroatoms. The zero-order chi connectivity index (χ0) is 37.4.